The van der Waals surface area contributed by atoms with Gasteiger partial charge in [0.05, 0.1) is 5.71 Å². The van der Waals surface area contributed by atoms with E-state index in [1.807, 2.05) is 6.92 Å². The number of rotatable bonds is 5. The van der Waals surface area contributed by atoms with Crippen LogP contribution in [0.15, 0.2) is 33.9 Å². The lowest BCUT2D eigenvalue weighted by Crippen LogP contribution is -2.55. The highest BCUT2D eigenvalue weighted by atomic mass is 79.9. The number of benzene rings is 1. The van der Waals surface area contributed by atoms with E-state index in [1.54, 1.807) is 0 Å². The summed E-state index contributed by atoms with van der Waals surface area (Å²) in [4.78, 5) is 10.7. The van der Waals surface area contributed by atoms with Crippen LogP contribution in [-0.2, 0) is 4.84 Å². The summed E-state index contributed by atoms with van der Waals surface area (Å²) >= 11 is 3.52. The first-order valence-electron chi connectivity index (χ1n) is 9.91. The zero-order valence-electron chi connectivity index (χ0n) is 16.4. The van der Waals surface area contributed by atoms with Crippen molar-refractivity contribution in [2.75, 3.05) is 39.8 Å². The third-order valence-electron chi connectivity index (χ3n) is 6.14. The summed E-state index contributed by atoms with van der Waals surface area (Å²) in [5, 5.41) is 4.51. The fourth-order valence-corrected chi connectivity index (χ4v) is 4.49. The van der Waals surface area contributed by atoms with Crippen molar-refractivity contribution in [1.29, 1.82) is 0 Å². The monoisotopic (exact) mass is 421 g/mol. The predicted octanol–water partition coefficient (Wildman–Crippen LogP) is 4.39. The lowest BCUT2D eigenvalue weighted by atomic mass is 9.82. The Kier molecular flexibility index (Phi) is 6.76. The number of halogens is 1. The number of hydrogen-bond acceptors (Lipinski definition) is 4. The SMILES string of the molecule is CCO/N=C(\c1ccc(Br)cc1)C1CCN(C2(C)CCN(C)CC2)CC1. The Bertz CT molecular complexity index is 600. The Morgan fingerprint density at radius 1 is 1.15 bits per heavy atom. The van der Waals surface area contributed by atoms with Crippen LogP contribution in [0.25, 0.3) is 0 Å². The molecule has 0 aromatic heterocycles. The second kappa shape index (κ2) is 8.85. The molecule has 0 atom stereocenters. The van der Waals surface area contributed by atoms with Gasteiger partial charge < -0.3 is 9.74 Å². The molecule has 0 amide bonds. The zero-order chi connectivity index (χ0) is 18.6. The first-order valence-corrected chi connectivity index (χ1v) is 10.7. The van der Waals surface area contributed by atoms with Crippen molar-refractivity contribution < 1.29 is 4.84 Å². The molecule has 144 valence electrons. The Balaban J connectivity index is 1.67. The number of piperidine rings is 2. The topological polar surface area (TPSA) is 28.1 Å². The number of nitrogens with zero attached hydrogens (tertiary/aromatic N) is 3. The predicted molar refractivity (Wildman–Crippen MR) is 112 cm³/mol. The number of oxime groups is 1. The molecule has 4 nitrogen and oxygen atoms in total. The van der Waals surface area contributed by atoms with Crippen molar-refractivity contribution in [1.82, 2.24) is 9.80 Å². The van der Waals surface area contributed by atoms with Crippen molar-refractivity contribution in [2.24, 2.45) is 11.1 Å². The second-order valence-corrected chi connectivity index (χ2v) is 8.88. The van der Waals surface area contributed by atoms with Gasteiger partial charge in [0.1, 0.15) is 6.61 Å². The molecule has 2 aliphatic heterocycles. The molecule has 3 rings (SSSR count). The van der Waals surface area contributed by atoms with Crippen molar-refractivity contribution in [3.05, 3.63) is 34.3 Å². The van der Waals surface area contributed by atoms with Gasteiger partial charge in [0, 0.05) is 15.9 Å². The quantitative estimate of drug-likeness (QED) is 0.521. The van der Waals surface area contributed by atoms with E-state index in [0.29, 0.717) is 18.1 Å². The summed E-state index contributed by atoms with van der Waals surface area (Å²) in [6.45, 7) is 9.82. The first kappa shape index (κ1) is 19.8. The summed E-state index contributed by atoms with van der Waals surface area (Å²) in [6, 6.07) is 8.47. The van der Waals surface area contributed by atoms with Crippen LogP contribution in [0.2, 0.25) is 0 Å². The Morgan fingerprint density at radius 3 is 2.35 bits per heavy atom. The average molecular weight is 422 g/mol. The molecule has 1 aromatic carbocycles. The molecule has 2 fully saturated rings. The molecule has 0 unspecified atom stereocenters. The third kappa shape index (κ3) is 4.68. The molecule has 2 heterocycles. The number of hydrogen-bond donors (Lipinski definition) is 0. The molecule has 0 bridgehead atoms. The maximum atomic E-state index is 5.47. The van der Waals surface area contributed by atoms with Crippen LogP contribution in [0, 0.1) is 5.92 Å². The highest BCUT2D eigenvalue weighted by molar-refractivity contribution is 9.10. The van der Waals surface area contributed by atoms with Crippen LogP contribution in [0.5, 0.6) is 0 Å². The van der Waals surface area contributed by atoms with Gasteiger partial charge in [0.15, 0.2) is 0 Å². The van der Waals surface area contributed by atoms with Gasteiger partial charge >= 0.3 is 0 Å². The lowest BCUT2D eigenvalue weighted by Gasteiger charge is -2.48. The van der Waals surface area contributed by atoms with Crippen molar-refractivity contribution in [3.8, 4) is 0 Å². The minimum atomic E-state index is 0.367. The molecule has 2 aliphatic rings. The second-order valence-electron chi connectivity index (χ2n) is 7.96. The summed E-state index contributed by atoms with van der Waals surface area (Å²) < 4.78 is 1.10. The van der Waals surface area contributed by atoms with Crippen LogP contribution in [0.1, 0.15) is 45.1 Å². The van der Waals surface area contributed by atoms with Gasteiger partial charge in [-0.15, -0.1) is 0 Å². The van der Waals surface area contributed by atoms with Gasteiger partial charge in [-0.1, -0.05) is 33.2 Å². The highest BCUT2D eigenvalue weighted by Crippen LogP contribution is 2.33. The summed E-state index contributed by atoms with van der Waals surface area (Å²) in [5.41, 5.74) is 2.67. The molecule has 0 spiro atoms. The van der Waals surface area contributed by atoms with E-state index in [0.717, 1.165) is 36.1 Å². The van der Waals surface area contributed by atoms with Gasteiger partial charge in [-0.05, 0) is 90.5 Å². The van der Waals surface area contributed by atoms with Gasteiger partial charge in [-0.2, -0.15) is 0 Å². The molecule has 0 aliphatic carbocycles. The fraction of sp³-hybridized carbons (Fsp3) is 0.667. The maximum Gasteiger partial charge on any atom is 0.114 e. The Morgan fingerprint density at radius 2 is 1.77 bits per heavy atom. The minimum Gasteiger partial charge on any atom is -0.396 e. The summed E-state index contributed by atoms with van der Waals surface area (Å²) in [5.74, 6) is 0.480. The Hall–Kier alpha value is -0.910. The zero-order valence-corrected chi connectivity index (χ0v) is 18.0. The maximum absolute atomic E-state index is 5.47. The van der Waals surface area contributed by atoms with Gasteiger partial charge in [0.2, 0.25) is 0 Å². The van der Waals surface area contributed by atoms with Crippen molar-refractivity contribution in [2.45, 2.75) is 45.1 Å². The Labute approximate surface area is 166 Å². The normalized spacial score (nSPS) is 23.2. The standard InChI is InChI=1S/C21H32BrN3O/c1-4-26-23-20(17-5-7-19(22)8-6-17)18-9-13-25(14-10-18)21(2)11-15-24(3)16-12-21/h5-8,18H,4,9-16H2,1-3H3/b23-20+. The molecule has 1 aromatic rings. The molecule has 0 N–H and O–H groups in total. The largest absolute Gasteiger partial charge is 0.396 e. The minimum absolute atomic E-state index is 0.367. The van der Waals surface area contributed by atoms with E-state index in [2.05, 4.69) is 69.1 Å². The summed E-state index contributed by atoms with van der Waals surface area (Å²) in [7, 11) is 2.24. The average Bonchev–Trinajstić information content (AvgIpc) is 2.66. The smallest absolute Gasteiger partial charge is 0.114 e. The molecule has 0 radical (unpaired) electrons. The fourth-order valence-electron chi connectivity index (χ4n) is 4.23. The molecule has 26 heavy (non-hydrogen) atoms. The van der Waals surface area contributed by atoms with E-state index < -0.39 is 0 Å². The molecule has 5 heteroatoms. The van der Waals surface area contributed by atoms with Crippen LogP contribution < -0.4 is 0 Å². The van der Waals surface area contributed by atoms with Crippen molar-refractivity contribution >= 4 is 21.6 Å². The van der Waals surface area contributed by atoms with Gasteiger partial charge in [0.25, 0.3) is 0 Å². The van der Waals surface area contributed by atoms with E-state index in [4.69, 9.17) is 4.84 Å². The molecular weight excluding hydrogens is 390 g/mol. The van der Waals surface area contributed by atoms with Crippen LogP contribution in [0.3, 0.4) is 0 Å². The van der Waals surface area contributed by atoms with E-state index in [-0.39, 0.29) is 0 Å². The van der Waals surface area contributed by atoms with Gasteiger partial charge in [-0.3, -0.25) is 4.90 Å². The summed E-state index contributed by atoms with van der Waals surface area (Å²) in [6.07, 6.45) is 4.88. The lowest BCUT2D eigenvalue weighted by molar-refractivity contribution is 0.0222. The van der Waals surface area contributed by atoms with E-state index in [1.165, 1.54) is 31.5 Å². The number of likely N-dealkylation sites (tertiary alicyclic amines) is 2. The van der Waals surface area contributed by atoms with Gasteiger partial charge in [-0.25, -0.2) is 0 Å². The van der Waals surface area contributed by atoms with E-state index in [9.17, 15) is 0 Å². The third-order valence-corrected chi connectivity index (χ3v) is 6.67. The molecular formula is C21H32BrN3O. The molecule has 0 saturated carbocycles. The van der Waals surface area contributed by atoms with Crippen molar-refractivity contribution in [3.63, 3.8) is 0 Å². The van der Waals surface area contributed by atoms with Crippen LogP contribution >= 0.6 is 15.9 Å². The van der Waals surface area contributed by atoms with Crippen LogP contribution in [-0.4, -0.2) is 60.9 Å². The van der Waals surface area contributed by atoms with E-state index >= 15 is 0 Å². The van der Waals surface area contributed by atoms with Crippen LogP contribution in [0.4, 0.5) is 0 Å². The highest BCUT2D eigenvalue weighted by Gasteiger charge is 2.37. The molecule has 2 saturated heterocycles. The first-order chi connectivity index (χ1) is 12.5.